The Morgan fingerprint density at radius 3 is 2.24 bits per heavy atom. The summed E-state index contributed by atoms with van der Waals surface area (Å²) in [5.41, 5.74) is 1.40. The van der Waals surface area contributed by atoms with Crippen molar-refractivity contribution in [2.45, 2.75) is 31.7 Å². The molecule has 0 aromatic heterocycles. The first kappa shape index (κ1) is 15.8. The lowest BCUT2D eigenvalue weighted by Crippen LogP contribution is -2.18. The number of carbonyl (C=O) groups is 2. The minimum atomic E-state index is -0.451. The number of halogens is 1. The third kappa shape index (κ3) is 3.56. The lowest BCUT2D eigenvalue weighted by Gasteiger charge is -2.18. The summed E-state index contributed by atoms with van der Waals surface area (Å²) in [6.07, 6.45) is 4.46. The van der Waals surface area contributed by atoms with Gasteiger partial charge in [-0.2, -0.15) is 0 Å². The summed E-state index contributed by atoms with van der Waals surface area (Å²) < 4.78 is 10.1. The predicted molar refractivity (Wildman–Crippen MR) is 82.7 cm³/mol. The van der Waals surface area contributed by atoms with Gasteiger partial charge < -0.3 is 14.8 Å². The number of rotatable bonds is 4. The minimum absolute atomic E-state index is 0.320. The van der Waals surface area contributed by atoms with E-state index < -0.39 is 11.9 Å². The van der Waals surface area contributed by atoms with Gasteiger partial charge in [-0.1, -0.05) is 12.8 Å². The number of ether oxygens (including phenoxy) is 2. The lowest BCUT2D eigenvalue weighted by molar-refractivity contribution is 0.0586. The van der Waals surface area contributed by atoms with E-state index in [1.807, 2.05) is 0 Å². The van der Waals surface area contributed by atoms with Crippen LogP contribution >= 0.6 is 15.9 Å². The maximum Gasteiger partial charge on any atom is 0.340 e. The lowest BCUT2D eigenvalue weighted by atomic mass is 10.1. The maximum atomic E-state index is 11.9. The van der Waals surface area contributed by atoms with Gasteiger partial charge in [0.05, 0.1) is 25.3 Å². The van der Waals surface area contributed by atoms with Gasteiger partial charge in [0.2, 0.25) is 0 Å². The van der Waals surface area contributed by atoms with Gasteiger partial charge in [-0.3, -0.25) is 0 Å². The molecule has 114 valence electrons. The van der Waals surface area contributed by atoms with Gasteiger partial charge in [0.25, 0.3) is 0 Å². The number of esters is 2. The van der Waals surface area contributed by atoms with Gasteiger partial charge in [-0.25, -0.2) is 9.59 Å². The van der Waals surface area contributed by atoms with E-state index in [4.69, 9.17) is 9.47 Å². The van der Waals surface area contributed by atoms with Crippen LogP contribution in [0.5, 0.6) is 0 Å². The summed E-state index contributed by atoms with van der Waals surface area (Å²) in [6.45, 7) is 0. The molecule has 0 saturated heterocycles. The normalized spacial score (nSPS) is 14.8. The summed E-state index contributed by atoms with van der Waals surface area (Å²) in [7, 11) is 2.66. The molecule has 0 radical (unpaired) electrons. The van der Waals surface area contributed by atoms with Crippen molar-refractivity contribution >= 4 is 33.6 Å². The number of methoxy groups -OCH3 is 2. The highest BCUT2D eigenvalue weighted by molar-refractivity contribution is 9.10. The number of carbonyl (C=O) groups excluding carboxylic acids is 2. The molecule has 0 unspecified atom stereocenters. The Hall–Kier alpha value is -1.56. The Bertz CT molecular complexity index is 553. The molecule has 0 heterocycles. The van der Waals surface area contributed by atoms with E-state index >= 15 is 0 Å². The van der Waals surface area contributed by atoms with E-state index in [9.17, 15) is 9.59 Å². The molecule has 1 aromatic rings. The smallest absolute Gasteiger partial charge is 0.340 e. The van der Waals surface area contributed by atoms with Crippen LogP contribution in [0.2, 0.25) is 0 Å². The van der Waals surface area contributed by atoms with Crippen molar-refractivity contribution < 1.29 is 19.1 Å². The van der Waals surface area contributed by atoms with Crippen molar-refractivity contribution in [1.82, 2.24) is 0 Å². The molecule has 1 fully saturated rings. The van der Waals surface area contributed by atoms with E-state index in [0.29, 0.717) is 27.3 Å². The zero-order chi connectivity index (χ0) is 15.4. The Kier molecular flexibility index (Phi) is 5.22. The van der Waals surface area contributed by atoms with Crippen molar-refractivity contribution in [1.29, 1.82) is 0 Å². The third-order valence-electron chi connectivity index (χ3n) is 3.63. The zero-order valence-corrected chi connectivity index (χ0v) is 13.7. The summed E-state index contributed by atoms with van der Waals surface area (Å²) in [4.78, 5) is 23.7. The summed E-state index contributed by atoms with van der Waals surface area (Å²) in [5, 5.41) is 3.34. The van der Waals surface area contributed by atoms with Crippen LogP contribution < -0.4 is 5.32 Å². The van der Waals surface area contributed by atoms with Crippen LogP contribution in [0.3, 0.4) is 0 Å². The molecular weight excluding hydrogens is 338 g/mol. The molecule has 1 N–H and O–H groups in total. The number of nitrogens with one attached hydrogen (secondary N) is 1. The van der Waals surface area contributed by atoms with E-state index in [1.165, 1.54) is 27.1 Å². The first-order valence-corrected chi connectivity index (χ1v) is 7.62. The highest BCUT2D eigenvalue weighted by Gasteiger charge is 2.22. The number of hydrogen-bond acceptors (Lipinski definition) is 5. The fourth-order valence-corrected chi connectivity index (χ4v) is 3.03. The first-order chi connectivity index (χ1) is 10.1. The van der Waals surface area contributed by atoms with E-state index in [2.05, 4.69) is 21.2 Å². The Labute approximate surface area is 132 Å². The molecule has 6 heteroatoms. The number of hydrogen-bond donors (Lipinski definition) is 1. The topological polar surface area (TPSA) is 64.6 Å². The fraction of sp³-hybridized carbons (Fsp3) is 0.467. The Morgan fingerprint density at radius 1 is 1.10 bits per heavy atom. The van der Waals surface area contributed by atoms with Crippen molar-refractivity contribution in [3.63, 3.8) is 0 Å². The van der Waals surface area contributed by atoms with Crippen LogP contribution in [0.1, 0.15) is 46.4 Å². The number of anilines is 1. The molecule has 0 amide bonds. The van der Waals surface area contributed by atoms with E-state index in [1.54, 1.807) is 12.1 Å². The van der Waals surface area contributed by atoms with Gasteiger partial charge in [0, 0.05) is 16.2 Å². The van der Waals surface area contributed by atoms with E-state index in [0.717, 1.165) is 12.8 Å². The fourth-order valence-electron chi connectivity index (χ4n) is 2.53. The van der Waals surface area contributed by atoms with Crippen LogP contribution in [0.25, 0.3) is 0 Å². The molecule has 1 aliphatic carbocycles. The Balaban J connectivity index is 2.40. The van der Waals surface area contributed by atoms with Crippen LogP contribution in [-0.4, -0.2) is 32.2 Å². The largest absolute Gasteiger partial charge is 0.465 e. The van der Waals surface area contributed by atoms with E-state index in [-0.39, 0.29) is 0 Å². The van der Waals surface area contributed by atoms with Crippen molar-refractivity contribution in [2.24, 2.45) is 0 Å². The molecular formula is C15H18BrNO4. The second-order valence-electron chi connectivity index (χ2n) is 4.99. The summed E-state index contributed by atoms with van der Waals surface area (Å²) in [5.74, 6) is -0.889. The average molecular weight is 356 g/mol. The third-order valence-corrected chi connectivity index (χ3v) is 4.29. The van der Waals surface area contributed by atoms with Crippen LogP contribution in [-0.2, 0) is 9.47 Å². The monoisotopic (exact) mass is 355 g/mol. The number of benzene rings is 1. The molecule has 0 spiro atoms. The molecule has 5 nitrogen and oxygen atoms in total. The highest BCUT2D eigenvalue weighted by atomic mass is 79.9. The highest BCUT2D eigenvalue weighted by Crippen LogP contribution is 2.30. The molecule has 1 aliphatic rings. The minimum Gasteiger partial charge on any atom is -0.465 e. The molecule has 0 bridgehead atoms. The first-order valence-electron chi connectivity index (χ1n) is 6.83. The van der Waals surface area contributed by atoms with Crippen molar-refractivity contribution in [3.8, 4) is 0 Å². The van der Waals surface area contributed by atoms with Gasteiger partial charge >= 0.3 is 11.9 Å². The molecule has 1 aromatic carbocycles. The quantitative estimate of drug-likeness (QED) is 0.838. The summed E-state index contributed by atoms with van der Waals surface area (Å²) >= 11 is 3.30. The second-order valence-corrected chi connectivity index (χ2v) is 5.84. The predicted octanol–water partition coefficient (Wildman–Crippen LogP) is 3.38. The molecule has 1 saturated carbocycles. The molecule has 2 rings (SSSR count). The molecule has 0 atom stereocenters. The Morgan fingerprint density at radius 2 is 1.67 bits per heavy atom. The van der Waals surface area contributed by atoms with Crippen LogP contribution in [0.15, 0.2) is 16.6 Å². The van der Waals surface area contributed by atoms with Crippen molar-refractivity contribution in [2.75, 3.05) is 19.5 Å². The molecule has 0 aliphatic heterocycles. The van der Waals surface area contributed by atoms with Gasteiger partial charge in [-0.15, -0.1) is 0 Å². The SMILES string of the molecule is COC(=O)c1cc(NC2CCCC2)c(C(=O)OC)cc1Br. The second kappa shape index (κ2) is 6.93. The zero-order valence-electron chi connectivity index (χ0n) is 12.1. The van der Waals surface area contributed by atoms with Crippen molar-refractivity contribution in [3.05, 3.63) is 27.7 Å². The van der Waals surface area contributed by atoms with Crippen LogP contribution in [0, 0.1) is 0 Å². The average Bonchev–Trinajstić information content (AvgIpc) is 3.00. The maximum absolute atomic E-state index is 11.9. The van der Waals surface area contributed by atoms with Crippen LogP contribution in [0.4, 0.5) is 5.69 Å². The standard InChI is InChI=1S/C15H18BrNO4/c1-20-14(18)10-8-13(17-9-5-3-4-6-9)11(7-12(10)16)15(19)21-2/h7-9,17H,3-6H2,1-2H3. The van der Waals surface area contributed by atoms with Gasteiger partial charge in [-0.05, 0) is 40.9 Å². The summed E-state index contributed by atoms with van der Waals surface area (Å²) in [6, 6.07) is 3.55. The van der Waals surface area contributed by atoms with Gasteiger partial charge in [0.15, 0.2) is 0 Å². The van der Waals surface area contributed by atoms with Gasteiger partial charge in [0.1, 0.15) is 0 Å². The molecule has 21 heavy (non-hydrogen) atoms.